The molecule has 1 aromatic heterocycles. The Morgan fingerprint density at radius 2 is 1.72 bits per heavy atom. The zero-order valence-electron chi connectivity index (χ0n) is 28.2. The highest BCUT2D eigenvalue weighted by atomic mass is 16.6. The number of likely N-dealkylation sites (tertiary alicyclic amines) is 1. The van der Waals surface area contributed by atoms with Gasteiger partial charge in [0, 0.05) is 70.8 Å². The summed E-state index contributed by atoms with van der Waals surface area (Å²) in [6.07, 6.45) is 7.46. The number of likely N-dealkylation sites (N-methyl/N-ethyl adjacent to an activating group) is 1. The van der Waals surface area contributed by atoms with Crippen molar-refractivity contribution in [1.29, 1.82) is 0 Å². The minimum atomic E-state index is -0.652. The van der Waals surface area contributed by atoms with Crippen LogP contribution in [0.1, 0.15) is 69.8 Å². The van der Waals surface area contributed by atoms with E-state index in [-0.39, 0.29) is 29.3 Å². The number of rotatable bonds is 6. The molecular formula is C34H49N9O4. The number of amides is 4. The quantitative estimate of drug-likeness (QED) is 0.470. The van der Waals surface area contributed by atoms with Gasteiger partial charge in [-0.05, 0) is 89.0 Å². The highest BCUT2D eigenvalue weighted by molar-refractivity contribution is 5.96. The van der Waals surface area contributed by atoms with Gasteiger partial charge in [0.1, 0.15) is 11.4 Å². The van der Waals surface area contributed by atoms with Crippen LogP contribution in [0.15, 0.2) is 30.5 Å². The van der Waals surface area contributed by atoms with Gasteiger partial charge in [-0.3, -0.25) is 4.79 Å². The van der Waals surface area contributed by atoms with Gasteiger partial charge in [-0.2, -0.15) is 0 Å². The predicted molar refractivity (Wildman–Crippen MR) is 181 cm³/mol. The van der Waals surface area contributed by atoms with Crippen molar-refractivity contribution in [2.75, 3.05) is 74.5 Å². The van der Waals surface area contributed by atoms with Gasteiger partial charge in [-0.15, -0.1) is 0 Å². The second kappa shape index (κ2) is 13.1. The fraction of sp³-hybridized carbons (Fsp3) is 0.618. The molecule has 13 heteroatoms. The molecule has 4 aliphatic rings. The Balaban J connectivity index is 1.09. The number of nitrogens with two attached hydrogens (primary N) is 1. The van der Waals surface area contributed by atoms with Crippen molar-refractivity contribution >= 4 is 41.0 Å². The number of hydrogen-bond acceptors (Lipinski definition) is 9. The molecule has 0 radical (unpaired) electrons. The van der Waals surface area contributed by atoms with Crippen LogP contribution in [-0.4, -0.2) is 114 Å². The Morgan fingerprint density at radius 1 is 0.979 bits per heavy atom. The minimum Gasteiger partial charge on any atom is -0.444 e. The van der Waals surface area contributed by atoms with Gasteiger partial charge < -0.3 is 40.3 Å². The van der Waals surface area contributed by atoms with Gasteiger partial charge in [0.2, 0.25) is 0 Å². The monoisotopic (exact) mass is 647 g/mol. The fourth-order valence-corrected chi connectivity index (χ4v) is 7.45. The third-order valence-corrected chi connectivity index (χ3v) is 10.0. The number of piperidine rings is 3. The van der Waals surface area contributed by atoms with Crippen molar-refractivity contribution in [3.8, 4) is 0 Å². The lowest BCUT2D eigenvalue weighted by molar-refractivity contribution is -0.000531. The average Bonchev–Trinajstić information content (AvgIpc) is 3.38. The second-order valence-electron chi connectivity index (χ2n) is 14.6. The van der Waals surface area contributed by atoms with Crippen molar-refractivity contribution in [1.82, 2.24) is 24.7 Å². The largest absolute Gasteiger partial charge is 0.444 e. The molecule has 0 unspecified atom stereocenters. The summed E-state index contributed by atoms with van der Waals surface area (Å²) in [5.41, 5.74) is 7.31. The summed E-state index contributed by atoms with van der Waals surface area (Å²) >= 11 is 0. The molecule has 1 spiro atoms. The molecule has 4 saturated heterocycles. The molecule has 0 aliphatic carbocycles. The Bertz CT molecular complexity index is 1470. The van der Waals surface area contributed by atoms with Gasteiger partial charge in [0.25, 0.3) is 5.91 Å². The van der Waals surface area contributed by atoms with Crippen molar-refractivity contribution < 1.29 is 19.1 Å². The number of anilines is 4. The molecular weight excluding hydrogens is 598 g/mol. The number of benzene rings is 1. The summed E-state index contributed by atoms with van der Waals surface area (Å²) in [7, 11) is 1.84. The molecule has 0 bridgehead atoms. The molecule has 47 heavy (non-hydrogen) atoms. The third-order valence-electron chi connectivity index (χ3n) is 10.0. The third kappa shape index (κ3) is 7.33. The highest BCUT2D eigenvalue weighted by Gasteiger charge is 2.41. The maximum absolute atomic E-state index is 12.8. The molecule has 1 aromatic carbocycles. The lowest BCUT2D eigenvalue weighted by Gasteiger charge is -2.48. The van der Waals surface area contributed by atoms with Gasteiger partial charge >= 0.3 is 12.1 Å². The van der Waals surface area contributed by atoms with Gasteiger partial charge in [0.15, 0.2) is 11.5 Å². The van der Waals surface area contributed by atoms with E-state index in [4.69, 9.17) is 15.5 Å². The molecule has 3 N–H and O–H groups in total. The summed E-state index contributed by atoms with van der Waals surface area (Å²) in [4.78, 5) is 57.0. The first-order valence-electron chi connectivity index (χ1n) is 16.9. The number of nitrogens with zero attached hydrogens (tertiary/aromatic N) is 7. The molecule has 13 nitrogen and oxygen atoms in total. The number of ether oxygens (including phenoxy) is 1. The number of primary amides is 1. The number of aromatic nitrogens is 2. The first kappa shape index (κ1) is 32.6. The standard InChI is InChI=1S/C34H49N9O4/c1-33(2,3)47-32(46)42-16-6-12-34(23-42)13-17-40(18-14-34)25-10-8-24(9-11-25)37-30-28(29(35)44)36-21-27(38-30)41-15-5-7-26(22-41)43-20-19-39(4)31(43)45/h8-11,21,26H,5-7,12-20,22-23H2,1-4H3,(H2,35,44)(H,37,38)/t26-/m1/s1. The highest BCUT2D eigenvalue weighted by Crippen LogP contribution is 2.41. The summed E-state index contributed by atoms with van der Waals surface area (Å²) in [6.45, 7) is 12.0. The zero-order valence-corrected chi connectivity index (χ0v) is 28.2. The smallest absolute Gasteiger partial charge is 0.410 e. The number of urea groups is 1. The number of carbonyl (C=O) groups is 3. The molecule has 2 aromatic rings. The first-order chi connectivity index (χ1) is 22.4. The SMILES string of the molecule is CN1CCN([C@@H]2CCCN(c3cnc(C(N)=O)c(Nc4ccc(N5CCC6(CCCN(C(=O)OC(C)(C)C)C6)CC5)cc4)n3)C2)C1=O. The van der Waals surface area contributed by atoms with Crippen molar-refractivity contribution in [2.24, 2.45) is 11.1 Å². The zero-order chi connectivity index (χ0) is 33.3. The minimum absolute atomic E-state index is 0.0701. The van der Waals surface area contributed by atoms with Crippen molar-refractivity contribution in [3.05, 3.63) is 36.2 Å². The molecule has 254 valence electrons. The van der Waals surface area contributed by atoms with Gasteiger partial charge in [-0.1, -0.05) is 0 Å². The van der Waals surface area contributed by atoms with E-state index in [9.17, 15) is 14.4 Å². The normalized spacial score (nSPS) is 21.7. The second-order valence-corrected chi connectivity index (χ2v) is 14.6. The lowest BCUT2D eigenvalue weighted by Crippen LogP contribution is -2.52. The van der Waals surface area contributed by atoms with Gasteiger partial charge in [0.05, 0.1) is 12.2 Å². The van der Waals surface area contributed by atoms with E-state index in [0.717, 1.165) is 95.7 Å². The summed E-state index contributed by atoms with van der Waals surface area (Å²) in [6, 6.07) is 8.30. The van der Waals surface area contributed by atoms with Crippen LogP contribution in [0, 0.1) is 5.41 Å². The van der Waals surface area contributed by atoms with E-state index in [1.54, 1.807) is 11.1 Å². The molecule has 6 rings (SSSR count). The Morgan fingerprint density at radius 3 is 2.38 bits per heavy atom. The maximum atomic E-state index is 12.8. The van der Waals surface area contributed by atoms with Crippen LogP contribution in [0.5, 0.6) is 0 Å². The molecule has 4 aliphatic heterocycles. The van der Waals surface area contributed by atoms with Crippen LogP contribution in [0.25, 0.3) is 0 Å². The van der Waals surface area contributed by atoms with E-state index < -0.39 is 11.5 Å². The molecule has 0 saturated carbocycles. The van der Waals surface area contributed by atoms with E-state index in [1.165, 1.54) is 0 Å². The van der Waals surface area contributed by atoms with E-state index in [2.05, 4.69) is 32.2 Å². The Labute approximate surface area is 277 Å². The van der Waals surface area contributed by atoms with Gasteiger partial charge in [-0.25, -0.2) is 19.6 Å². The van der Waals surface area contributed by atoms with Crippen molar-refractivity contribution in [2.45, 2.75) is 70.9 Å². The summed E-state index contributed by atoms with van der Waals surface area (Å²) in [5, 5.41) is 3.28. The summed E-state index contributed by atoms with van der Waals surface area (Å²) < 4.78 is 5.66. The molecule has 5 heterocycles. The van der Waals surface area contributed by atoms with E-state index in [0.29, 0.717) is 18.2 Å². The van der Waals surface area contributed by atoms with Crippen molar-refractivity contribution in [3.63, 3.8) is 0 Å². The van der Waals surface area contributed by atoms with Crippen LogP contribution in [-0.2, 0) is 4.74 Å². The molecule has 1 atom stereocenters. The molecule has 4 fully saturated rings. The van der Waals surface area contributed by atoms with Crippen LogP contribution in [0.2, 0.25) is 0 Å². The van der Waals surface area contributed by atoms with E-state index >= 15 is 0 Å². The Hall–Kier alpha value is -4.29. The van der Waals surface area contributed by atoms with Crippen LogP contribution < -0.4 is 20.9 Å². The van der Waals surface area contributed by atoms with Crippen LogP contribution in [0.4, 0.5) is 32.6 Å². The lowest BCUT2D eigenvalue weighted by atomic mass is 9.72. The number of hydrogen-bond donors (Lipinski definition) is 2. The fourth-order valence-electron chi connectivity index (χ4n) is 7.45. The first-order valence-corrected chi connectivity index (χ1v) is 16.9. The topological polar surface area (TPSA) is 140 Å². The van der Waals surface area contributed by atoms with Crippen LogP contribution >= 0.6 is 0 Å². The van der Waals surface area contributed by atoms with Crippen LogP contribution in [0.3, 0.4) is 0 Å². The number of nitrogens with one attached hydrogen (secondary N) is 1. The van der Waals surface area contributed by atoms with E-state index in [1.807, 2.05) is 49.8 Å². The average molecular weight is 648 g/mol. The molecule has 4 amide bonds. The Kier molecular flexibility index (Phi) is 9.08. The predicted octanol–water partition coefficient (Wildman–Crippen LogP) is 4.27. The maximum Gasteiger partial charge on any atom is 0.410 e. The number of carbonyl (C=O) groups excluding carboxylic acids is 3. The summed E-state index contributed by atoms with van der Waals surface area (Å²) in [5.74, 6) is 0.309.